The molecular weight excluding hydrogens is 302 g/mol. The average molecular weight is 325 g/mol. The Morgan fingerprint density at radius 2 is 2.04 bits per heavy atom. The predicted octanol–water partition coefficient (Wildman–Crippen LogP) is 0.978. The van der Waals surface area contributed by atoms with Crippen LogP contribution in [0.25, 0.3) is 0 Å². The average Bonchev–Trinajstić information content (AvgIpc) is 2.98. The normalized spacial score (nSPS) is 10.2. The Bertz CT molecular complexity index is 527. The molecule has 0 aliphatic carbocycles. The summed E-state index contributed by atoms with van der Waals surface area (Å²) in [4.78, 5) is 34.3. The fraction of sp³-hybridized carbons (Fsp3) is 0.600. The molecule has 0 spiro atoms. The van der Waals surface area contributed by atoms with Crippen LogP contribution < -0.4 is 5.32 Å². The molecule has 0 radical (unpaired) electrons. The first-order chi connectivity index (χ1) is 11.1. The van der Waals surface area contributed by atoms with Crippen LogP contribution in [0.4, 0.5) is 0 Å². The molecule has 1 aromatic heterocycles. The second kappa shape index (κ2) is 10.4. The predicted molar refractivity (Wildman–Crippen MR) is 81.7 cm³/mol. The highest BCUT2D eigenvalue weighted by atomic mass is 16.5. The van der Waals surface area contributed by atoms with Crippen LogP contribution in [0.1, 0.15) is 49.3 Å². The van der Waals surface area contributed by atoms with Gasteiger partial charge >= 0.3 is 11.9 Å². The van der Waals surface area contributed by atoms with Gasteiger partial charge in [-0.25, -0.2) is 4.79 Å². The first kappa shape index (κ1) is 18.7. The van der Waals surface area contributed by atoms with Crippen molar-refractivity contribution in [1.29, 1.82) is 0 Å². The van der Waals surface area contributed by atoms with Crippen LogP contribution in [0.5, 0.6) is 0 Å². The van der Waals surface area contributed by atoms with E-state index in [1.54, 1.807) is 13.0 Å². The number of nitrogens with one attached hydrogen (secondary N) is 2. The Hall–Kier alpha value is -2.38. The fourth-order valence-electron chi connectivity index (χ4n) is 1.81. The Labute approximate surface area is 134 Å². The maximum absolute atomic E-state index is 11.7. The fourth-order valence-corrected chi connectivity index (χ4v) is 1.81. The molecule has 0 atom stereocenters. The Balaban J connectivity index is 2.19. The molecule has 1 aromatic rings. The summed E-state index contributed by atoms with van der Waals surface area (Å²) in [6.45, 7) is 4.03. The van der Waals surface area contributed by atoms with Gasteiger partial charge in [0.2, 0.25) is 0 Å². The maximum Gasteiger partial charge on any atom is 0.359 e. The summed E-state index contributed by atoms with van der Waals surface area (Å²) in [5, 5.41) is 9.15. The smallest absolute Gasteiger partial charge is 0.359 e. The summed E-state index contributed by atoms with van der Waals surface area (Å²) in [5.74, 6) is -1.37. The summed E-state index contributed by atoms with van der Waals surface area (Å²) in [5.41, 5.74) is 1.01. The van der Waals surface area contributed by atoms with Crippen LogP contribution in [0.3, 0.4) is 0 Å². The van der Waals surface area contributed by atoms with Gasteiger partial charge in [-0.05, 0) is 25.8 Å². The molecule has 0 aromatic carbocycles. The Morgan fingerprint density at radius 3 is 2.74 bits per heavy atom. The molecule has 0 aliphatic heterocycles. The van der Waals surface area contributed by atoms with Crippen LogP contribution >= 0.6 is 0 Å². The zero-order valence-corrected chi connectivity index (χ0v) is 13.5. The number of H-pyrrole nitrogens is 1. The molecule has 0 saturated carbocycles. The molecule has 1 amide bonds. The van der Waals surface area contributed by atoms with E-state index in [1.165, 1.54) is 0 Å². The molecule has 0 bridgehead atoms. The molecule has 8 nitrogen and oxygen atoms in total. The van der Waals surface area contributed by atoms with Gasteiger partial charge in [-0.2, -0.15) is 5.10 Å². The van der Waals surface area contributed by atoms with Crippen molar-refractivity contribution in [3.8, 4) is 0 Å². The molecular formula is C15H23N3O5. The number of amides is 1. The van der Waals surface area contributed by atoms with E-state index < -0.39 is 11.9 Å². The third kappa shape index (κ3) is 7.44. The maximum atomic E-state index is 11.7. The standard InChI is InChI=1S/C15H23N3O5/c1-3-6-11-9-12(18-17-11)15(21)23-10-13(19)16-8-5-7-14(20)22-4-2/h9H,3-8,10H2,1-2H3,(H,16,19)(H,17,18). The number of carbonyl (C=O) groups is 3. The van der Waals surface area contributed by atoms with E-state index in [1.807, 2.05) is 6.92 Å². The third-order valence-electron chi connectivity index (χ3n) is 2.88. The van der Waals surface area contributed by atoms with Gasteiger partial charge in [-0.15, -0.1) is 0 Å². The van der Waals surface area contributed by atoms with Gasteiger partial charge in [-0.1, -0.05) is 13.3 Å². The zero-order valence-electron chi connectivity index (χ0n) is 13.5. The summed E-state index contributed by atoms with van der Waals surface area (Å²) < 4.78 is 9.64. The molecule has 0 saturated heterocycles. The minimum Gasteiger partial charge on any atom is -0.466 e. The van der Waals surface area contributed by atoms with Crippen LogP contribution in [-0.4, -0.2) is 47.8 Å². The SMILES string of the molecule is CCCc1cc(C(=O)OCC(=O)NCCCC(=O)OCC)n[nH]1. The van der Waals surface area contributed by atoms with E-state index in [4.69, 9.17) is 9.47 Å². The van der Waals surface area contributed by atoms with E-state index in [0.29, 0.717) is 19.6 Å². The molecule has 1 rings (SSSR count). The number of aryl methyl sites for hydroxylation is 1. The monoisotopic (exact) mass is 325 g/mol. The van der Waals surface area contributed by atoms with Gasteiger partial charge in [0.1, 0.15) is 0 Å². The van der Waals surface area contributed by atoms with Gasteiger partial charge in [0.15, 0.2) is 12.3 Å². The summed E-state index contributed by atoms with van der Waals surface area (Å²) in [7, 11) is 0. The largest absolute Gasteiger partial charge is 0.466 e. The van der Waals surface area contributed by atoms with Gasteiger partial charge in [-0.3, -0.25) is 14.7 Å². The quantitative estimate of drug-likeness (QED) is 0.490. The molecule has 0 aliphatic rings. The number of hydrogen-bond donors (Lipinski definition) is 2. The lowest BCUT2D eigenvalue weighted by Gasteiger charge is -2.05. The summed E-state index contributed by atoms with van der Waals surface area (Å²) in [6.07, 6.45) is 2.44. The van der Waals surface area contributed by atoms with E-state index in [2.05, 4.69) is 15.5 Å². The highest BCUT2D eigenvalue weighted by Crippen LogP contribution is 2.04. The molecule has 2 N–H and O–H groups in total. The molecule has 0 fully saturated rings. The first-order valence-corrected chi connectivity index (χ1v) is 7.70. The number of rotatable bonds is 10. The lowest BCUT2D eigenvalue weighted by Crippen LogP contribution is -2.30. The van der Waals surface area contributed by atoms with Crippen molar-refractivity contribution < 1.29 is 23.9 Å². The summed E-state index contributed by atoms with van der Waals surface area (Å²) in [6, 6.07) is 1.61. The Morgan fingerprint density at radius 1 is 1.26 bits per heavy atom. The number of carbonyl (C=O) groups excluding carboxylic acids is 3. The van der Waals surface area contributed by atoms with Crippen molar-refractivity contribution in [3.05, 3.63) is 17.5 Å². The van der Waals surface area contributed by atoms with Crippen LogP contribution in [0.2, 0.25) is 0 Å². The van der Waals surface area contributed by atoms with Crippen LogP contribution in [0, 0.1) is 0 Å². The van der Waals surface area contributed by atoms with E-state index in [9.17, 15) is 14.4 Å². The lowest BCUT2D eigenvalue weighted by atomic mass is 10.2. The van der Waals surface area contributed by atoms with E-state index in [0.717, 1.165) is 18.5 Å². The van der Waals surface area contributed by atoms with Crippen molar-refractivity contribution in [2.24, 2.45) is 0 Å². The van der Waals surface area contributed by atoms with Crippen molar-refractivity contribution in [3.63, 3.8) is 0 Å². The van der Waals surface area contributed by atoms with E-state index in [-0.39, 0.29) is 24.7 Å². The minimum atomic E-state index is -0.648. The molecule has 1 heterocycles. The first-order valence-electron chi connectivity index (χ1n) is 7.70. The van der Waals surface area contributed by atoms with Crippen molar-refractivity contribution in [2.75, 3.05) is 19.8 Å². The number of nitrogens with zero attached hydrogens (tertiary/aromatic N) is 1. The number of ether oxygens (including phenoxy) is 2. The minimum absolute atomic E-state index is 0.156. The second-order valence-corrected chi connectivity index (χ2v) is 4.86. The molecule has 128 valence electrons. The molecule has 0 unspecified atom stereocenters. The highest BCUT2D eigenvalue weighted by molar-refractivity contribution is 5.89. The number of esters is 2. The number of aromatic nitrogens is 2. The van der Waals surface area contributed by atoms with Crippen molar-refractivity contribution in [2.45, 2.75) is 39.5 Å². The van der Waals surface area contributed by atoms with Crippen LogP contribution in [0.15, 0.2) is 6.07 Å². The summed E-state index contributed by atoms with van der Waals surface area (Å²) >= 11 is 0. The topological polar surface area (TPSA) is 110 Å². The number of aromatic amines is 1. The second-order valence-electron chi connectivity index (χ2n) is 4.86. The van der Waals surface area contributed by atoms with Crippen molar-refractivity contribution >= 4 is 17.8 Å². The Kier molecular flexibility index (Phi) is 8.41. The van der Waals surface area contributed by atoms with E-state index >= 15 is 0 Å². The van der Waals surface area contributed by atoms with Crippen molar-refractivity contribution in [1.82, 2.24) is 15.5 Å². The zero-order chi connectivity index (χ0) is 17.1. The van der Waals surface area contributed by atoms with Crippen LogP contribution in [-0.2, 0) is 25.5 Å². The highest BCUT2D eigenvalue weighted by Gasteiger charge is 2.13. The van der Waals surface area contributed by atoms with Gasteiger partial charge in [0.25, 0.3) is 5.91 Å². The van der Waals surface area contributed by atoms with Gasteiger partial charge in [0, 0.05) is 18.7 Å². The molecule has 23 heavy (non-hydrogen) atoms. The third-order valence-corrected chi connectivity index (χ3v) is 2.88. The lowest BCUT2D eigenvalue weighted by molar-refractivity contribution is -0.143. The van der Waals surface area contributed by atoms with Gasteiger partial charge in [0.05, 0.1) is 6.61 Å². The van der Waals surface area contributed by atoms with Gasteiger partial charge < -0.3 is 14.8 Å². The number of hydrogen-bond acceptors (Lipinski definition) is 6. The molecule has 8 heteroatoms.